The van der Waals surface area contributed by atoms with Gasteiger partial charge in [0, 0.05) is 17.0 Å². The van der Waals surface area contributed by atoms with Crippen molar-refractivity contribution < 1.29 is 0 Å². The molecule has 1 rings (SSSR count). The van der Waals surface area contributed by atoms with Crippen LogP contribution in [-0.4, -0.2) is 41.6 Å². The minimum atomic E-state index is 0.399. The van der Waals surface area contributed by atoms with Crippen LogP contribution in [0.15, 0.2) is 0 Å². The quantitative estimate of drug-likeness (QED) is 0.804. The first-order valence-corrected chi connectivity index (χ1v) is 9.29. The minimum Gasteiger partial charge on any atom is -0.330 e. The Kier molecular flexibility index (Phi) is 7.37. The summed E-state index contributed by atoms with van der Waals surface area (Å²) in [7, 11) is 0. The summed E-state index contributed by atoms with van der Waals surface area (Å²) in [6, 6.07) is 0. The lowest BCUT2D eigenvalue weighted by molar-refractivity contribution is 0.195. The van der Waals surface area contributed by atoms with Crippen LogP contribution in [0.5, 0.6) is 0 Å². The van der Waals surface area contributed by atoms with Crippen LogP contribution in [0.4, 0.5) is 0 Å². The number of thioether (sulfide) groups is 1. The van der Waals surface area contributed by atoms with E-state index in [0.29, 0.717) is 10.2 Å². The van der Waals surface area contributed by atoms with E-state index < -0.39 is 0 Å². The molecule has 2 N–H and O–H groups in total. The SMILES string of the molecule is CC1(C)CCN(CCCC(CCN)C(C)(C)C)CCS1. The van der Waals surface area contributed by atoms with E-state index in [9.17, 15) is 0 Å². The molecule has 0 aromatic carbocycles. The molecule has 120 valence electrons. The Bertz CT molecular complexity index is 271. The summed E-state index contributed by atoms with van der Waals surface area (Å²) >= 11 is 2.14. The van der Waals surface area contributed by atoms with Gasteiger partial charge in [0.15, 0.2) is 0 Å². The molecule has 1 aliphatic heterocycles. The van der Waals surface area contributed by atoms with Crippen LogP contribution in [0, 0.1) is 11.3 Å². The van der Waals surface area contributed by atoms with E-state index in [2.05, 4.69) is 51.3 Å². The Morgan fingerprint density at radius 1 is 1.20 bits per heavy atom. The normalized spacial score (nSPS) is 22.5. The number of hydrogen-bond acceptors (Lipinski definition) is 3. The largest absolute Gasteiger partial charge is 0.330 e. The van der Waals surface area contributed by atoms with Gasteiger partial charge in [-0.15, -0.1) is 0 Å². The maximum absolute atomic E-state index is 5.78. The average molecular weight is 301 g/mol. The molecule has 0 saturated carbocycles. The molecule has 0 amide bonds. The van der Waals surface area contributed by atoms with Gasteiger partial charge in [-0.1, -0.05) is 34.6 Å². The van der Waals surface area contributed by atoms with Crippen LogP contribution >= 0.6 is 11.8 Å². The molecule has 1 unspecified atom stereocenters. The van der Waals surface area contributed by atoms with Crippen molar-refractivity contribution in [3.8, 4) is 0 Å². The van der Waals surface area contributed by atoms with Crippen molar-refractivity contribution in [1.82, 2.24) is 4.90 Å². The Labute approximate surface area is 131 Å². The molecular formula is C17H36N2S. The number of hydrogen-bond donors (Lipinski definition) is 1. The molecule has 1 fully saturated rings. The van der Waals surface area contributed by atoms with Gasteiger partial charge in [-0.05, 0) is 56.7 Å². The molecule has 0 spiro atoms. The summed E-state index contributed by atoms with van der Waals surface area (Å²) in [4.78, 5) is 2.67. The zero-order chi connectivity index (χ0) is 15.2. The van der Waals surface area contributed by atoms with E-state index in [4.69, 9.17) is 5.73 Å². The van der Waals surface area contributed by atoms with Crippen molar-refractivity contribution in [3.63, 3.8) is 0 Å². The number of rotatable bonds is 6. The first-order valence-electron chi connectivity index (χ1n) is 8.31. The summed E-state index contributed by atoms with van der Waals surface area (Å²) < 4.78 is 0.474. The van der Waals surface area contributed by atoms with Gasteiger partial charge < -0.3 is 10.6 Å². The lowest BCUT2D eigenvalue weighted by atomic mass is 9.76. The van der Waals surface area contributed by atoms with Crippen LogP contribution in [0.25, 0.3) is 0 Å². The van der Waals surface area contributed by atoms with Gasteiger partial charge in [0.1, 0.15) is 0 Å². The molecule has 0 aliphatic carbocycles. The maximum atomic E-state index is 5.78. The van der Waals surface area contributed by atoms with E-state index in [1.807, 2.05) is 0 Å². The fourth-order valence-electron chi connectivity index (χ4n) is 3.06. The van der Waals surface area contributed by atoms with Crippen molar-refractivity contribution in [2.24, 2.45) is 17.1 Å². The Balaban J connectivity index is 2.32. The third-order valence-corrected chi connectivity index (χ3v) is 6.07. The average Bonchev–Trinajstić information content (AvgIpc) is 2.48. The van der Waals surface area contributed by atoms with Crippen LogP contribution < -0.4 is 5.73 Å². The van der Waals surface area contributed by atoms with Crippen molar-refractivity contribution in [2.75, 3.05) is 31.9 Å². The molecule has 0 bridgehead atoms. The van der Waals surface area contributed by atoms with Crippen LogP contribution in [-0.2, 0) is 0 Å². The summed E-state index contributed by atoms with van der Waals surface area (Å²) in [5.41, 5.74) is 6.18. The zero-order valence-electron chi connectivity index (χ0n) is 14.4. The Morgan fingerprint density at radius 2 is 1.90 bits per heavy atom. The molecule has 0 aromatic heterocycles. The minimum absolute atomic E-state index is 0.399. The van der Waals surface area contributed by atoms with Gasteiger partial charge >= 0.3 is 0 Å². The molecule has 1 atom stereocenters. The summed E-state index contributed by atoms with van der Waals surface area (Å²) in [6.07, 6.45) is 5.15. The highest BCUT2D eigenvalue weighted by Crippen LogP contribution is 2.33. The van der Waals surface area contributed by atoms with Crippen molar-refractivity contribution in [1.29, 1.82) is 0 Å². The summed E-state index contributed by atoms with van der Waals surface area (Å²) in [5.74, 6) is 2.06. The van der Waals surface area contributed by atoms with E-state index in [-0.39, 0.29) is 0 Å². The number of nitrogens with zero attached hydrogens (tertiary/aromatic N) is 1. The van der Waals surface area contributed by atoms with E-state index in [0.717, 1.165) is 12.5 Å². The van der Waals surface area contributed by atoms with Crippen molar-refractivity contribution in [2.45, 2.75) is 65.0 Å². The van der Waals surface area contributed by atoms with Gasteiger partial charge in [0.2, 0.25) is 0 Å². The zero-order valence-corrected chi connectivity index (χ0v) is 15.2. The topological polar surface area (TPSA) is 29.3 Å². The van der Waals surface area contributed by atoms with E-state index in [1.54, 1.807) is 0 Å². The maximum Gasteiger partial charge on any atom is 0.0116 e. The Hall–Kier alpha value is 0.270. The highest BCUT2D eigenvalue weighted by atomic mass is 32.2. The molecule has 2 nitrogen and oxygen atoms in total. The van der Waals surface area contributed by atoms with Gasteiger partial charge in [-0.3, -0.25) is 0 Å². The molecule has 3 heteroatoms. The van der Waals surface area contributed by atoms with E-state index >= 15 is 0 Å². The third kappa shape index (κ3) is 6.82. The highest BCUT2D eigenvalue weighted by molar-refractivity contribution is 8.00. The fourth-order valence-corrected chi connectivity index (χ4v) is 4.20. The van der Waals surface area contributed by atoms with Gasteiger partial charge in [0.25, 0.3) is 0 Å². The second kappa shape index (κ2) is 8.05. The monoisotopic (exact) mass is 300 g/mol. The number of nitrogens with two attached hydrogens (primary N) is 1. The van der Waals surface area contributed by atoms with Gasteiger partial charge in [-0.2, -0.15) is 11.8 Å². The second-order valence-corrected chi connectivity index (χ2v) is 9.78. The van der Waals surface area contributed by atoms with Gasteiger partial charge in [-0.25, -0.2) is 0 Å². The second-order valence-electron chi connectivity index (χ2n) is 7.98. The third-order valence-electron chi connectivity index (χ3n) is 4.70. The van der Waals surface area contributed by atoms with E-state index in [1.165, 1.54) is 51.1 Å². The smallest absolute Gasteiger partial charge is 0.0116 e. The summed E-state index contributed by atoms with van der Waals surface area (Å²) in [5, 5.41) is 0. The molecule has 0 radical (unpaired) electrons. The molecule has 1 saturated heterocycles. The predicted octanol–water partition coefficient (Wildman–Crippen LogP) is 4.00. The molecule has 0 aromatic rings. The molecule has 20 heavy (non-hydrogen) atoms. The summed E-state index contributed by atoms with van der Waals surface area (Å²) in [6.45, 7) is 16.5. The standard InChI is InChI=1S/C17H36N2S/c1-16(2,3)15(8-10-18)7-6-11-19-12-9-17(4,5)20-14-13-19/h15H,6-14,18H2,1-5H3. The van der Waals surface area contributed by atoms with Crippen LogP contribution in [0.1, 0.15) is 60.3 Å². The lowest BCUT2D eigenvalue weighted by Gasteiger charge is -2.31. The van der Waals surface area contributed by atoms with Crippen LogP contribution in [0.2, 0.25) is 0 Å². The Morgan fingerprint density at radius 3 is 2.50 bits per heavy atom. The van der Waals surface area contributed by atoms with Crippen molar-refractivity contribution >= 4 is 11.8 Å². The van der Waals surface area contributed by atoms with Gasteiger partial charge in [0.05, 0.1) is 0 Å². The molecule has 1 aliphatic rings. The van der Waals surface area contributed by atoms with Crippen molar-refractivity contribution in [3.05, 3.63) is 0 Å². The van der Waals surface area contributed by atoms with Crippen LogP contribution in [0.3, 0.4) is 0 Å². The lowest BCUT2D eigenvalue weighted by Crippen LogP contribution is -2.30. The highest BCUT2D eigenvalue weighted by Gasteiger charge is 2.25. The fraction of sp³-hybridized carbons (Fsp3) is 1.00. The first-order chi connectivity index (χ1) is 9.24. The predicted molar refractivity (Wildman–Crippen MR) is 93.4 cm³/mol. The molecule has 1 heterocycles. The molecular weight excluding hydrogens is 264 g/mol. The first kappa shape index (κ1) is 18.3.